The summed E-state index contributed by atoms with van der Waals surface area (Å²) in [6.07, 6.45) is 1.11. The zero-order valence-corrected chi connectivity index (χ0v) is 15.2. The Balaban J connectivity index is 1.59. The molecule has 1 fully saturated rings. The predicted molar refractivity (Wildman–Crippen MR) is 98.7 cm³/mol. The van der Waals surface area contributed by atoms with Gasteiger partial charge in [-0.1, -0.05) is 52.6 Å². The highest BCUT2D eigenvalue weighted by atomic mass is 35.5. The third kappa shape index (κ3) is 3.45. The summed E-state index contributed by atoms with van der Waals surface area (Å²) in [7, 11) is 0. The van der Waals surface area contributed by atoms with E-state index in [1.54, 1.807) is 17.0 Å². The van der Waals surface area contributed by atoms with Crippen molar-refractivity contribution in [3.8, 4) is 11.4 Å². The van der Waals surface area contributed by atoms with Crippen molar-refractivity contribution in [3.63, 3.8) is 0 Å². The fraction of sp³-hybridized carbons (Fsp3) is 0.211. The maximum absolute atomic E-state index is 12.4. The van der Waals surface area contributed by atoms with Crippen LogP contribution >= 0.6 is 23.2 Å². The third-order valence-corrected chi connectivity index (χ3v) is 4.85. The van der Waals surface area contributed by atoms with Crippen LogP contribution in [0.4, 0.5) is 0 Å². The molecule has 132 valence electrons. The fourth-order valence-electron chi connectivity index (χ4n) is 3.14. The second-order valence-corrected chi connectivity index (χ2v) is 7.05. The van der Waals surface area contributed by atoms with E-state index in [0.29, 0.717) is 41.1 Å². The van der Waals surface area contributed by atoms with Crippen molar-refractivity contribution >= 4 is 29.1 Å². The standard InChI is InChI=1S/C19H15Cl2N3O2/c20-14-5-1-3-12(9-14)11-24-16(7-8-17(24)25)19-22-18(23-26-19)13-4-2-6-15(21)10-13/h1-6,9-10,16H,7-8,11H2. The van der Waals surface area contributed by atoms with E-state index in [2.05, 4.69) is 10.1 Å². The molecule has 26 heavy (non-hydrogen) atoms. The maximum atomic E-state index is 12.4. The molecule has 0 spiro atoms. The first-order valence-corrected chi connectivity index (χ1v) is 8.99. The molecule has 2 aromatic carbocycles. The number of carbonyl (C=O) groups is 1. The molecule has 7 heteroatoms. The molecular formula is C19H15Cl2N3O2. The zero-order valence-electron chi connectivity index (χ0n) is 13.7. The average molecular weight is 388 g/mol. The number of amides is 1. The number of benzene rings is 2. The third-order valence-electron chi connectivity index (χ3n) is 4.38. The number of likely N-dealkylation sites (tertiary alicyclic amines) is 1. The van der Waals surface area contributed by atoms with Gasteiger partial charge < -0.3 is 9.42 Å². The van der Waals surface area contributed by atoms with Gasteiger partial charge in [0.2, 0.25) is 17.6 Å². The first-order valence-electron chi connectivity index (χ1n) is 8.23. The van der Waals surface area contributed by atoms with Crippen LogP contribution in [0.25, 0.3) is 11.4 Å². The second kappa shape index (κ2) is 7.09. The van der Waals surface area contributed by atoms with Crippen LogP contribution in [0.15, 0.2) is 53.1 Å². The van der Waals surface area contributed by atoms with Gasteiger partial charge in [-0.15, -0.1) is 0 Å². The van der Waals surface area contributed by atoms with Crippen LogP contribution < -0.4 is 0 Å². The predicted octanol–water partition coefficient (Wildman–Crippen LogP) is 4.91. The minimum absolute atomic E-state index is 0.0671. The van der Waals surface area contributed by atoms with E-state index >= 15 is 0 Å². The summed E-state index contributed by atoms with van der Waals surface area (Å²) in [5, 5.41) is 5.30. The summed E-state index contributed by atoms with van der Waals surface area (Å²) >= 11 is 12.1. The molecule has 1 amide bonds. The Hall–Kier alpha value is -2.37. The highest BCUT2D eigenvalue weighted by molar-refractivity contribution is 6.31. The molecule has 0 aliphatic carbocycles. The van der Waals surface area contributed by atoms with Crippen LogP contribution in [-0.2, 0) is 11.3 Å². The SMILES string of the molecule is O=C1CCC(c2nc(-c3cccc(Cl)c3)no2)N1Cc1cccc(Cl)c1. The Morgan fingerprint density at radius 3 is 2.65 bits per heavy atom. The van der Waals surface area contributed by atoms with Crippen molar-refractivity contribution in [1.82, 2.24) is 15.0 Å². The Bertz CT molecular complexity index is 957. The van der Waals surface area contributed by atoms with Crippen LogP contribution in [-0.4, -0.2) is 20.9 Å². The Morgan fingerprint density at radius 1 is 1.12 bits per heavy atom. The largest absolute Gasteiger partial charge is 0.337 e. The molecule has 0 N–H and O–H groups in total. The first kappa shape index (κ1) is 17.1. The van der Waals surface area contributed by atoms with Gasteiger partial charge in [-0.3, -0.25) is 4.79 Å². The lowest BCUT2D eigenvalue weighted by Crippen LogP contribution is -2.27. The van der Waals surface area contributed by atoms with Crippen LogP contribution in [0.2, 0.25) is 10.0 Å². The molecule has 0 saturated carbocycles. The topological polar surface area (TPSA) is 59.2 Å². The minimum Gasteiger partial charge on any atom is -0.337 e. The van der Waals surface area contributed by atoms with Gasteiger partial charge in [-0.05, 0) is 36.2 Å². The van der Waals surface area contributed by atoms with E-state index < -0.39 is 0 Å². The maximum Gasteiger partial charge on any atom is 0.249 e. The number of halogens is 2. The van der Waals surface area contributed by atoms with Gasteiger partial charge in [0.05, 0.1) is 0 Å². The highest BCUT2D eigenvalue weighted by Gasteiger charge is 2.36. The molecule has 5 nitrogen and oxygen atoms in total. The van der Waals surface area contributed by atoms with Crippen LogP contribution in [0.3, 0.4) is 0 Å². The van der Waals surface area contributed by atoms with Crippen molar-refractivity contribution in [2.24, 2.45) is 0 Å². The number of hydrogen-bond acceptors (Lipinski definition) is 4. The highest BCUT2D eigenvalue weighted by Crippen LogP contribution is 2.34. The molecule has 2 heterocycles. The molecule has 3 aromatic rings. The lowest BCUT2D eigenvalue weighted by atomic mass is 10.1. The Morgan fingerprint density at radius 2 is 1.88 bits per heavy atom. The van der Waals surface area contributed by atoms with Gasteiger partial charge in [0, 0.05) is 28.6 Å². The van der Waals surface area contributed by atoms with Gasteiger partial charge in [0.25, 0.3) is 0 Å². The molecular weight excluding hydrogens is 373 g/mol. The number of nitrogens with zero attached hydrogens (tertiary/aromatic N) is 3. The molecule has 0 radical (unpaired) electrons. The smallest absolute Gasteiger partial charge is 0.249 e. The summed E-state index contributed by atoms with van der Waals surface area (Å²) in [5.74, 6) is 0.967. The lowest BCUT2D eigenvalue weighted by Gasteiger charge is -2.22. The van der Waals surface area contributed by atoms with E-state index in [0.717, 1.165) is 11.1 Å². The molecule has 1 atom stereocenters. The van der Waals surface area contributed by atoms with Crippen molar-refractivity contribution in [2.45, 2.75) is 25.4 Å². The van der Waals surface area contributed by atoms with E-state index in [9.17, 15) is 4.79 Å². The van der Waals surface area contributed by atoms with E-state index in [-0.39, 0.29) is 11.9 Å². The number of aromatic nitrogens is 2. The molecule has 4 rings (SSSR count). The van der Waals surface area contributed by atoms with Gasteiger partial charge in [-0.25, -0.2) is 0 Å². The van der Waals surface area contributed by atoms with Crippen LogP contribution in [0.1, 0.15) is 30.3 Å². The summed E-state index contributed by atoms with van der Waals surface area (Å²) in [5.41, 5.74) is 1.74. The monoisotopic (exact) mass is 387 g/mol. The van der Waals surface area contributed by atoms with E-state index in [1.807, 2.05) is 36.4 Å². The molecule has 1 aromatic heterocycles. The number of hydrogen-bond donors (Lipinski definition) is 0. The van der Waals surface area contributed by atoms with Gasteiger partial charge in [0.1, 0.15) is 6.04 Å². The van der Waals surface area contributed by atoms with Crippen molar-refractivity contribution in [1.29, 1.82) is 0 Å². The summed E-state index contributed by atoms with van der Waals surface area (Å²) < 4.78 is 5.46. The molecule has 1 aliphatic heterocycles. The normalized spacial score (nSPS) is 17.1. The fourth-order valence-corrected chi connectivity index (χ4v) is 3.54. The molecule has 1 saturated heterocycles. The van der Waals surface area contributed by atoms with Crippen molar-refractivity contribution < 1.29 is 9.32 Å². The summed E-state index contributed by atoms with van der Waals surface area (Å²) in [6, 6.07) is 14.5. The van der Waals surface area contributed by atoms with Gasteiger partial charge >= 0.3 is 0 Å². The van der Waals surface area contributed by atoms with E-state index in [1.165, 1.54) is 0 Å². The molecule has 0 bridgehead atoms. The number of rotatable bonds is 4. The Labute approximate surface area is 160 Å². The van der Waals surface area contributed by atoms with Crippen molar-refractivity contribution in [3.05, 3.63) is 70.0 Å². The second-order valence-electron chi connectivity index (χ2n) is 6.17. The van der Waals surface area contributed by atoms with Gasteiger partial charge in [0.15, 0.2) is 0 Å². The minimum atomic E-state index is -0.234. The summed E-state index contributed by atoms with van der Waals surface area (Å²) in [4.78, 5) is 18.6. The lowest BCUT2D eigenvalue weighted by molar-refractivity contribution is -0.129. The first-order chi connectivity index (χ1) is 12.6. The molecule has 1 unspecified atom stereocenters. The summed E-state index contributed by atoms with van der Waals surface area (Å²) in [6.45, 7) is 0.457. The number of carbonyl (C=O) groups excluding carboxylic acids is 1. The van der Waals surface area contributed by atoms with Crippen LogP contribution in [0, 0.1) is 0 Å². The van der Waals surface area contributed by atoms with Gasteiger partial charge in [-0.2, -0.15) is 4.98 Å². The quantitative estimate of drug-likeness (QED) is 0.638. The van der Waals surface area contributed by atoms with E-state index in [4.69, 9.17) is 27.7 Å². The zero-order chi connectivity index (χ0) is 18.1. The van der Waals surface area contributed by atoms with Crippen molar-refractivity contribution in [2.75, 3.05) is 0 Å². The van der Waals surface area contributed by atoms with Crippen LogP contribution in [0.5, 0.6) is 0 Å². The molecule has 1 aliphatic rings. The average Bonchev–Trinajstić information content (AvgIpc) is 3.23. The Kier molecular flexibility index (Phi) is 4.66.